The lowest BCUT2D eigenvalue weighted by Crippen LogP contribution is -2.26. The van der Waals surface area contributed by atoms with Crippen molar-refractivity contribution in [3.05, 3.63) is 51.4 Å². The van der Waals surface area contributed by atoms with Gasteiger partial charge < -0.3 is 5.32 Å². The van der Waals surface area contributed by atoms with E-state index in [0.29, 0.717) is 10.9 Å². The highest BCUT2D eigenvalue weighted by Crippen LogP contribution is 2.31. The molecule has 1 unspecified atom stereocenters. The van der Waals surface area contributed by atoms with E-state index in [1.54, 1.807) is 4.57 Å². The number of carbonyl (C=O) groups excluding carboxylic acids is 1. The number of fused-ring (bicyclic) bond motifs is 1. The molecule has 0 bridgehead atoms. The normalized spacial score (nSPS) is 16.5. The van der Waals surface area contributed by atoms with Gasteiger partial charge in [-0.1, -0.05) is 33.8 Å². The van der Waals surface area contributed by atoms with Crippen LogP contribution < -0.4 is 10.9 Å². The number of halogens is 1. The van der Waals surface area contributed by atoms with Gasteiger partial charge in [0.15, 0.2) is 5.16 Å². The van der Waals surface area contributed by atoms with Gasteiger partial charge in [-0.25, -0.2) is 4.98 Å². The summed E-state index contributed by atoms with van der Waals surface area (Å²) in [5.74, 6) is 0.584. The van der Waals surface area contributed by atoms with E-state index in [4.69, 9.17) is 0 Å². The van der Waals surface area contributed by atoms with Crippen molar-refractivity contribution >= 4 is 39.3 Å². The number of aromatic nitrogens is 2. The Balaban J connectivity index is 1.71. The summed E-state index contributed by atoms with van der Waals surface area (Å²) in [7, 11) is 0. The molecule has 1 aromatic carbocycles. The SMILES string of the molecule is O=C(CC1CSc2nccc(=O)n21)Nc1cccc(Br)c1. The lowest BCUT2D eigenvalue weighted by Gasteiger charge is -2.13. The monoisotopic (exact) mass is 365 g/mol. The Bertz CT molecular complexity index is 747. The van der Waals surface area contributed by atoms with Gasteiger partial charge in [-0.15, -0.1) is 0 Å². The zero-order valence-corrected chi connectivity index (χ0v) is 13.4. The zero-order chi connectivity index (χ0) is 14.8. The highest BCUT2D eigenvalue weighted by atomic mass is 79.9. The summed E-state index contributed by atoms with van der Waals surface area (Å²) < 4.78 is 2.51. The summed E-state index contributed by atoms with van der Waals surface area (Å²) in [6.45, 7) is 0. The lowest BCUT2D eigenvalue weighted by atomic mass is 10.2. The number of anilines is 1. The highest BCUT2D eigenvalue weighted by molar-refractivity contribution is 9.10. The molecule has 0 spiro atoms. The van der Waals surface area contributed by atoms with Gasteiger partial charge in [-0.05, 0) is 18.2 Å². The molecule has 5 nitrogen and oxygen atoms in total. The van der Waals surface area contributed by atoms with Gasteiger partial charge in [0.25, 0.3) is 5.56 Å². The van der Waals surface area contributed by atoms with E-state index in [0.717, 1.165) is 10.2 Å². The predicted molar refractivity (Wildman–Crippen MR) is 85.6 cm³/mol. The Morgan fingerprint density at radius 1 is 1.48 bits per heavy atom. The first kappa shape index (κ1) is 14.3. The van der Waals surface area contributed by atoms with E-state index >= 15 is 0 Å². The maximum atomic E-state index is 12.1. The Labute approximate surface area is 133 Å². The smallest absolute Gasteiger partial charge is 0.254 e. The molecule has 1 aliphatic heterocycles. The third kappa shape index (κ3) is 3.19. The molecule has 0 saturated heterocycles. The molecule has 2 aromatic rings. The van der Waals surface area contributed by atoms with E-state index in [1.807, 2.05) is 24.3 Å². The summed E-state index contributed by atoms with van der Waals surface area (Å²) >= 11 is 4.87. The largest absolute Gasteiger partial charge is 0.326 e. The van der Waals surface area contributed by atoms with Crippen LogP contribution >= 0.6 is 27.7 Å². The van der Waals surface area contributed by atoms with Gasteiger partial charge in [0.1, 0.15) is 0 Å². The molecule has 1 N–H and O–H groups in total. The highest BCUT2D eigenvalue weighted by Gasteiger charge is 2.26. The van der Waals surface area contributed by atoms with Crippen LogP contribution in [0.1, 0.15) is 12.5 Å². The van der Waals surface area contributed by atoms with Crippen molar-refractivity contribution in [3.8, 4) is 0 Å². The summed E-state index contributed by atoms with van der Waals surface area (Å²) in [5, 5.41) is 3.53. The van der Waals surface area contributed by atoms with Crippen LogP contribution in [0.5, 0.6) is 0 Å². The van der Waals surface area contributed by atoms with Crippen LogP contribution in [-0.2, 0) is 4.79 Å². The van der Waals surface area contributed by atoms with Crippen molar-refractivity contribution < 1.29 is 4.79 Å². The number of amides is 1. The van der Waals surface area contributed by atoms with Crippen LogP contribution in [0.25, 0.3) is 0 Å². The van der Waals surface area contributed by atoms with Gasteiger partial charge in [0.2, 0.25) is 5.91 Å². The van der Waals surface area contributed by atoms with Crippen LogP contribution in [0.4, 0.5) is 5.69 Å². The molecule has 1 aromatic heterocycles. The van der Waals surface area contributed by atoms with Gasteiger partial charge in [-0.3, -0.25) is 14.2 Å². The Morgan fingerprint density at radius 2 is 2.33 bits per heavy atom. The number of benzene rings is 1. The predicted octanol–water partition coefficient (Wildman–Crippen LogP) is 2.68. The molecule has 0 radical (unpaired) electrons. The molecule has 2 heterocycles. The van der Waals surface area contributed by atoms with Gasteiger partial charge in [-0.2, -0.15) is 0 Å². The Morgan fingerprint density at radius 3 is 3.14 bits per heavy atom. The Kier molecular flexibility index (Phi) is 4.12. The molecule has 0 fully saturated rings. The second-order valence-corrected chi connectivity index (χ2v) is 6.57. The molecular weight excluding hydrogens is 354 g/mol. The molecule has 1 aliphatic rings. The molecule has 21 heavy (non-hydrogen) atoms. The number of rotatable bonds is 3. The number of thioether (sulfide) groups is 1. The van der Waals surface area contributed by atoms with E-state index in [-0.39, 0.29) is 23.9 Å². The van der Waals surface area contributed by atoms with Gasteiger partial charge in [0, 0.05) is 34.6 Å². The summed E-state index contributed by atoms with van der Waals surface area (Å²) in [6.07, 6.45) is 1.77. The second kappa shape index (κ2) is 6.03. The number of carbonyl (C=O) groups is 1. The molecule has 0 saturated carbocycles. The first-order valence-electron chi connectivity index (χ1n) is 6.39. The molecule has 3 rings (SSSR count). The molecule has 1 atom stereocenters. The van der Waals surface area contributed by atoms with E-state index in [2.05, 4.69) is 26.2 Å². The van der Waals surface area contributed by atoms with E-state index in [1.165, 1.54) is 24.0 Å². The summed E-state index contributed by atoms with van der Waals surface area (Å²) in [4.78, 5) is 28.2. The van der Waals surface area contributed by atoms with E-state index in [9.17, 15) is 9.59 Å². The molecular formula is C14H12BrN3O2S. The maximum Gasteiger partial charge on any atom is 0.254 e. The van der Waals surface area contributed by atoms with Gasteiger partial charge >= 0.3 is 0 Å². The van der Waals surface area contributed by atoms with Crippen LogP contribution in [-0.4, -0.2) is 21.2 Å². The Hall–Kier alpha value is -1.60. The topological polar surface area (TPSA) is 64.0 Å². The van der Waals surface area contributed by atoms with Crippen molar-refractivity contribution in [2.45, 2.75) is 17.6 Å². The second-order valence-electron chi connectivity index (χ2n) is 4.66. The fourth-order valence-electron chi connectivity index (χ4n) is 2.23. The summed E-state index contributed by atoms with van der Waals surface area (Å²) in [5.41, 5.74) is 0.629. The fourth-order valence-corrected chi connectivity index (χ4v) is 3.75. The third-order valence-electron chi connectivity index (χ3n) is 3.14. The van der Waals surface area contributed by atoms with Crippen molar-refractivity contribution in [1.29, 1.82) is 0 Å². The maximum absolute atomic E-state index is 12.1. The van der Waals surface area contributed by atoms with Crippen LogP contribution in [0.15, 0.2) is 51.0 Å². The van der Waals surface area contributed by atoms with Crippen LogP contribution in [0.3, 0.4) is 0 Å². The van der Waals surface area contributed by atoms with Crippen LogP contribution in [0.2, 0.25) is 0 Å². The fraction of sp³-hybridized carbons (Fsp3) is 0.214. The molecule has 108 valence electrons. The zero-order valence-electron chi connectivity index (χ0n) is 11.0. The first-order valence-corrected chi connectivity index (χ1v) is 8.17. The number of nitrogens with zero attached hydrogens (tertiary/aromatic N) is 2. The van der Waals surface area contributed by atoms with Crippen molar-refractivity contribution in [2.24, 2.45) is 0 Å². The number of nitrogens with one attached hydrogen (secondary N) is 1. The van der Waals surface area contributed by atoms with E-state index < -0.39 is 0 Å². The minimum Gasteiger partial charge on any atom is -0.326 e. The standard InChI is InChI=1S/C14H12BrN3O2S/c15-9-2-1-3-10(6-9)17-12(19)7-11-8-21-14-16-5-4-13(20)18(11)14/h1-6,11H,7-8H2,(H,17,19). The molecule has 0 aliphatic carbocycles. The van der Waals surface area contributed by atoms with Crippen LogP contribution in [0, 0.1) is 0 Å². The average Bonchev–Trinajstić information content (AvgIpc) is 2.83. The van der Waals surface area contributed by atoms with Crippen molar-refractivity contribution in [2.75, 3.05) is 11.1 Å². The first-order chi connectivity index (χ1) is 10.1. The quantitative estimate of drug-likeness (QED) is 0.849. The molecule has 7 heteroatoms. The summed E-state index contributed by atoms with van der Waals surface area (Å²) in [6, 6.07) is 8.70. The minimum absolute atomic E-state index is 0.106. The molecule has 1 amide bonds. The lowest BCUT2D eigenvalue weighted by molar-refractivity contribution is -0.116. The third-order valence-corrected chi connectivity index (χ3v) is 4.75. The average molecular weight is 366 g/mol. The van der Waals surface area contributed by atoms with Gasteiger partial charge in [0.05, 0.1) is 6.04 Å². The van der Waals surface area contributed by atoms with Crippen molar-refractivity contribution in [3.63, 3.8) is 0 Å². The minimum atomic E-state index is -0.140. The number of hydrogen-bond donors (Lipinski definition) is 1. The van der Waals surface area contributed by atoms with Crippen molar-refractivity contribution in [1.82, 2.24) is 9.55 Å². The number of hydrogen-bond acceptors (Lipinski definition) is 4.